The minimum Gasteiger partial charge on any atom is -0.147 e. The summed E-state index contributed by atoms with van der Waals surface area (Å²) in [6, 6.07) is 0. The van der Waals surface area contributed by atoms with Crippen LogP contribution in [0.2, 0.25) is 5.23 Å². The van der Waals surface area contributed by atoms with Crippen LogP contribution in [0.5, 0.6) is 0 Å². The van der Waals surface area contributed by atoms with Gasteiger partial charge in [0.05, 0.1) is 0 Å². The van der Waals surface area contributed by atoms with Crippen molar-refractivity contribution in [2.45, 2.75) is 24.5 Å². The van der Waals surface area contributed by atoms with Crippen molar-refractivity contribution in [1.29, 1.82) is 0 Å². The molecule has 0 aromatic rings. The van der Waals surface area contributed by atoms with Crippen LogP contribution in [0, 0.1) is 0 Å². The first kappa shape index (κ1) is 25.3. The van der Waals surface area contributed by atoms with Gasteiger partial charge in [-0.2, -0.15) is 0 Å². The summed E-state index contributed by atoms with van der Waals surface area (Å²) < 4.78 is 19.8. The van der Waals surface area contributed by atoms with E-state index in [9.17, 15) is 0 Å². The molecule has 6 nitrogen and oxygen atoms in total. The molecule has 0 bridgehead atoms. The standard InChI is InChI=1S/C9H20N3.3CH3O.CH3.2ClH.Ti/c1-4-10-6-2-8-12-9-3-7-11-5-1;3*1-2;;;;/h10-11H,1-9H2;3*1H3;1H3;2*1H;/q4*-1;;;;+4. The normalized spacial score (nSPS) is 21.2. The molecule has 1 aliphatic heterocycles. The Bertz CT molecular complexity index is 264. The molecule has 0 saturated carbocycles. The molecule has 1 aliphatic rings. The Morgan fingerprint density at radius 3 is 1.45 bits per heavy atom. The van der Waals surface area contributed by atoms with E-state index in [0.29, 0.717) is 0 Å². The molecule has 9 heteroatoms. The Morgan fingerprint density at radius 2 is 1.09 bits per heavy atom. The third-order valence-corrected chi connectivity index (χ3v) is 11.6. The second-order valence-corrected chi connectivity index (χ2v) is 12.7. The van der Waals surface area contributed by atoms with Gasteiger partial charge in [-0.1, -0.05) is 0 Å². The maximum Gasteiger partial charge on any atom is -0.147 e. The van der Waals surface area contributed by atoms with Crippen molar-refractivity contribution in [3.05, 3.63) is 0 Å². The Kier molecular flexibility index (Phi) is 14.3. The molecule has 0 radical (unpaired) electrons. The number of nitrogens with zero attached hydrogens (tertiary/aromatic N) is 1. The number of nitrogens with one attached hydrogen (secondary N) is 2. The van der Waals surface area contributed by atoms with Gasteiger partial charge in [0.2, 0.25) is 0 Å². The molecule has 0 unspecified atom stereocenters. The summed E-state index contributed by atoms with van der Waals surface area (Å²) in [4.78, 5) is 0. The van der Waals surface area contributed by atoms with Gasteiger partial charge in [-0.3, -0.25) is 0 Å². The van der Waals surface area contributed by atoms with E-state index in [-0.39, 0.29) is 24.8 Å². The van der Waals surface area contributed by atoms with Crippen molar-refractivity contribution in [2.24, 2.45) is 0 Å². The molecule has 1 saturated heterocycles. The summed E-state index contributed by atoms with van der Waals surface area (Å²) in [5, 5.41) is 8.98. The molecule has 0 aromatic heterocycles. The molecule has 0 aromatic carbocycles. The monoisotopic (exact) mass is 398 g/mol. The minimum atomic E-state index is -3.91. The van der Waals surface area contributed by atoms with Gasteiger partial charge in [0, 0.05) is 0 Å². The molecular formula is C13H34Cl2N3O3Ti. The maximum atomic E-state index is 5.82. The summed E-state index contributed by atoms with van der Waals surface area (Å²) in [7, 11) is 5.12. The van der Waals surface area contributed by atoms with Gasteiger partial charge in [-0.05, 0) is 0 Å². The van der Waals surface area contributed by atoms with Crippen molar-refractivity contribution in [1.82, 2.24) is 14.0 Å². The van der Waals surface area contributed by atoms with Crippen LogP contribution in [0.1, 0.15) is 19.3 Å². The van der Waals surface area contributed by atoms with Gasteiger partial charge in [-0.15, -0.1) is 24.8 Å². The first-order valence-corrected chi connectivity index (χ1v) is 11.8. The molecule has 0 amide bonds. The van der Waals surface area contributed by atoms with Crippen molar-refractivity contribution < 1.29 is 26.7 Å². The number of rotatable bonds is 4. The molecule has 0 aliphatic carbocycles. The fourth-order valence-electron chi connectivity index (χ4n) is 2.62. The van der Waals surface area contributed by atoms with E-state index in [2.05, 4.69) is 14.0 Å². The van der Waals surface area contributed by atoms with E-state index in [1.54, 1.807) is 21.3 Å². The molecule has 0 atom stereocenters. The quantitative estimate of drug-likeness (QED) is 0.704. The van der Waals surface area contributed by atoms with Gasteiger partial charge in [0.1, 0.15) is 0 Å². The minimum absolute atomic E-state index is 0. The van der Waals surface area contributed by atoms with Crippen LogP contribution < -0.4 is 10.6 Å². The van der Waals surface area contributed by atoms with E-state index >= 15 is 0 Å². The zero-order valence-electron chi connectivity index (χ0n) is 14.4. The maximum absolute atomic E-state index is 5.82. The summed E-state index contributed by atoms with van der Waals surface area (Å²) >= 11 is -3.91. The molecule has 137 valence electrons. The molecule has 22 heavy (non-hydrogen) atoms. The predicted octanol–water partition coefficient (Wildman–Crippen LogP) is 1.83. The van der Waals surface area contributed by atoms with Crippen molar-refractivity contribution >= 4 is 24.8 Å². The number of hydrogen-bond acceptors (Lipinski definition) is 6. The van der Waals surface area contributed by atoms with Gasteiger partial charge in [0.25, 0.3) is 0 Å². The van der Waals surface area contributed by atoms with Crippen molar-refractivity contribution in [3.63, 3.8) is 0 Å². The third-order valence-electron chi connectivity index (χ3n) is 4.36. The summed E-state index contributed by atoms with van der Waals surface area (Å²) in [5.41, 5.74) is 0. The van der Waals surface area contributed by atoms with Crippen LogP contribution in [-0.2, 0) is 26.7 Å². The summed E-state index contributed by atoms with van der Waals surface area (Å²) in [6.45, 7) is 6.08. The van der Waals surface area contributed by atoms with E-state index in [4.69, 9.17) is 9.96 Å². The first-order chi connectivity index (χ1) is 9.59. The average molecular weight is 399 g/mol. The van der Waals surface area contributed by atoms with Crippen molar-refractivity contribution in [2.75, 3.05) is 60.6 Å². The Labute approximate surface area is 150 Å². The van der Waals surface area contributed by atoms with Gasteiger partial charge in [-0.25, -0.2) is 0 Å². The van der Waals surface area contributed by atoms with Crippen molar-refractivity contribution in [3.8, 4) is 0 Å². The molecular weight excluding hydrogens is 365 g/mol. The van der Waals surface area contributed by atoms with Crippen LogP contribution in [0.25, 0.3) is 0 Å². The summed E-state index contributed by atoms with van der Waals surface area (Å²) in [6.07, 6.45) is 3.35. The van der Waals surface area contributed by atoms with Crippen LogP contribution >= 0.6 is 24.8 Å². The fourth-order valence-corrected chi connectivity index (χ4v) is 6.66. The predicted molar refractivity (Wildman–Crippen MR) is 92.6 cm³/mol. The van der Waals surface area contributed by atoms with Gasteiger partial charge < -0.3 is 0 Å². The van der Waals surface area contributed by atoms with E-state index in [1.165, 1.54) is 6.42 Å². The fraction of sp³-hybridized carbons (Fsp3) is 1.00. The van der Waals surface area contributed by atoms with E-state index in [1.807, 2.05) is 5.23 Å². The number of halogens is 2. The first-order valence-electron chi connectivity index (χ1n) is 7.61. The zero-order chi connectivity index (χ0) is 14.9. The molecule has 2 N–H and O–H groups in total. The molecule has 1 heterocycles. The topological polar surface area (TPSA) is 55.0 Å². The average Bonchev–Trinajstić information content (AvgIpc) is 2.47. The Morgan fingerprint density at radius 1 is 0.727 bits per heavy atom. The number of hydrogen-bond donors (Lipinski definition) is 2. The third kappa shape index (κ3) is 6.89. The second kappa shape index (κ2) is 12.4. The van der Waals surface area contributed by atoms with Gasteiger partial charge in [0.15, 0.2) is 0 Å². The van der Waals surface area contributed by atoms with Crippen LogP contribution in [0.15, 0.2) is 0 Å². The second-order valence-electron chi connectivity index (χ2n) is 5.52. The van der Waals surface area contributed by atoms with Crippen LogP contribution in [0.4, 0.5) is 0 Å². The Hall–Kier alpha value is 1.05. The largest absolute Gasteiger partial charge is 0.147 e. The van der Waals surface area contributed by atoms with Crippen LogP contribution in [-0.4, -0.2) is 64.0 Å². The zero-order valence-corrected chi connectivity index (χ0v) is 17.5. The molecule has 1 fully saturated rings. The van der Waals surface area contributed by atoms with E-state index in [0.717, 1.165) is 52.1 Å². The SMILES string of the molecule is C[O][Ti]([CH3])([O]C)([O]C)[N]1CCCNCCCNCCC1.Cl.Cl. The molecule has 0 spiro atoms. The van der Waals surface area contributed by atoms with E-state index < -0.39 is 16.7 Å². The summed E-state index contributed by atoms with van der Waals surface area (Å²) in [5.74, 6) is 0. The van der Waals surface area contributed by atoms with Gasteiger partial charge >= 0.3 is 126 Å². The smallest absolute Gasteiger partial charge is 0.147 e. The van der Waals surface area contributed by atoms with Crippen LogP contribution in [0.3, 0.4) is 0 Å². The molecule has 1 rings (SSSR count). The Balaban J connectivity index is 0.